The number of likely N-dealkylation sites (tertiary alicyclic amines) is 1. The summed E-state index contributed by atoms with van der Waals surface area (Å²) in [5.74, 6) is -3.14. The van der Waals surface area contributed by atoms with Gasteiger partial charge in [0.05, 0.1) is 24.3 Å². The Morgan fingerprint density at radius 2 is 1.92 bits per heavy atom. The van der Waals surface area contributed by atoms with E-state index in [0.717, 1.165) is 16.8 Å². The molecule has 1 amide bonds. The standard InChI is InChI=1S/C17H14F2N5O/c18-17(19)8-23(9-17)7-11-1-3-12(4-2-11)14-6-5-13(15(20)25)16-21-10-22-24(14)16/h1-6H,7-9H2,(H2,20,25). The van der Waals surface area contributed by atoms with Crippen molar-refractivity contribution in [2.24, 2.45) is 5.73 Å². The SMILES string of the molecule is NC(=O)c1ccc(-c2ccc(CN3CC(F)(F)C3)cc2)n2n[c]nc12. The van der Waals surface area contributed by atoms with Crippen LogP contribution in [0.2, 0.25) is 0 Å². The van der Waals surface area contributed by atoms with E-state index in [-0.39, 0.29) is 18.7 Å². The van der Waals surface area contributed by atoms with Crippen LogP contribution in [-0.4, -0.2) is 44.4 Å². The van der Waals surface area contributed by atoms with Gasteiger partial charge in [-0.2, -0.15) is 0 Å². The molecule has 1 radical (unpaired) electrons. The molecule has 0 saturated carbocycles. The van der Waals surface area contributed by atoms with Gasteiger partial charge in [-0.15, -0.1) is 5.10 Å². The third kappa shape index (κ3) is 2.85. The summed E-state index contributed by atoms with van der Waals surface area (Å²) in [4.78, 5) is 17.1. The molecule has 2 N–H and O–H groups in total. The molecule has 0 spiro atoms. The first kappa shape index (κ1) is 15.6. The molecule has 4 rings (SSSR count). The van der Waals surface area contributed by atoms with Gasteiger partial charge < -0.3 is 5.73 Å². The summed E-state index contributed by atoms with van der Waals surface area (Å²) in [6.45, 7) is 0.0977. The van der Waals surface area contributed by atoms with Crippen LogP contribution in [0.25, 0.3) is 16.9 Å². The molecule has 0 aliphatic carbocycles. The monoisotopic (exact) mass is 342 g/mol. The number of fused-ring (bicyclic) bond motifs is 1. The van der Waals surface area contributed by atoms with Crippen molar-refractivity contribution in [1.29, 1.82) is 0 Å². The number of alkyl halides is 2. The number of primary amides is 1. The summed E-state index contributed by atoms with van der Waals surface area (Å²) in [6.07, 6.45) is 2.48. The molecule has 6 nitrogen and oxygen atoms in total. The Hall–Kier alpha value is -2.87. The Kier molecular flexibility index (Phi) is 3.50. The minimum Gasteiger partial charge on any atom is -0.365 e. The number of hydrogen-bond acceptors (Lipinski definition) is 4. The number of carbonyl (C=O) groups excluding carboxylic acids is 1. The van der Waals surface area contributed by atoms with Crippen LogP contribution >= 0.6 is 0 Å². The first-order valence-corrected chi connectivity index (χ1v) is 7.68. The second-order valence-corrected chi connectivity index (χ2v) is 6.14. The molecule has 1 aromatic carbocycles. The molecule has 1 fully saturated rings. The van der Waals surface area contributed by atoms with Crippen molar-refractivity contribution in [2.45, 2.75) is 12.5 Å². The molecule has 1 aliphatic heterocycles. The Bertz CT molecular complexity index is 943. The van der Waals surface area contributed by atoms with Crippen molar-refractivity contribution < 1.29 is 13.6 Å². The number of hydrogen-bond donors (Lipinski definition) is 1. The second-order valence-electron chi connectivity index (χ2n) is 6.14. The summed E-state index contributed by atoms with van der Waals surface area (Å²) in [7, 11) is 0. The molecular formula is C17H14F2N5O. The van der Waals surface area contributed by atoms with E-state index in [0.29, 0.717) is 12.2 Å². The van der Waals surface area contributed by atoms with Crippen LogP contribution in [0.4, 0.5) is 8.78 Å². The Balaban J connectivity index is 1.60. The Morgan fingerprint density at radius 1 is 1.20 bits per heavy atom. The van der Waals surface area contributed by atoms with E-state index in [4.69, 9.17) is 5.73 Å². The minimum atomic E-state index is -2.56. The highest BCUT2D eigenvalue weighted by Crippen LogP contribution is 2.28. The van der Waals surface area contributed by atoms with E-state index in [2.05, 4.69) is 16.4 Å². The fourth-order valence-corrected chi connectivity index (χ4v) is 3.03. The van der Waals surface area contributed by atoms with E-state index in [1.54, 1.807) is 17.0 Å². The molecule has 1 aliphatic rings. The largest absolute Gasteiger partial charge is 0.365 e. The highest BCUT2D eigenvalue weighted by Gasteiger charge is 2.43. The molecule has 8 heteroatoms. The molecule has 0 atom stereocenters. The third-order valence-electron chi connectivity index (χ3n) is 4.21. The van der Waals surface area contributed by atoms with Crippen LogP contribution in [0.1, 0.15) is 15.9 Å². The van der Waals surface area contributed by atoms with Gasteiger partial charge in [0.1, 0.15) is 0 Å². The smallest absolute Gasteiger partial charge is 0.272 e. The van der Waals surface area contributed by atoms with Crippen molar-refractivity contribution in [3.05, 3.63) is 53.9 Å². The maximum Gasteiger partial charge on any atom is 0.272 e. The summed E-state index contributed by atoms with van der Waals surface area (Å²) in [6, 6.07) is 10.9. The van der Waals surface area contributed by atoms with Gasteiger partial charge in [0.15, 0.2) is 5.65 Å². The van der Waals surface area contributed by atoms with E-state index < -0.39 is 11.8 Å². The van der Waals surface area contributed by atoms with Crippen LogP contribution in [0.3, 0.4) is 0 Å². The summed E-state index contributed by atoms with van der Waals surface area (Å²) in [5, 5.41) is 4.03. The molecule has 25 heavy (non-hydrogen) atoms. The topological polar surface area (TPSA) is 76.5 Å². The predicted molar refractivity (Wildman–Crippen MR) is 86.0 cm³/mol. The molecule has 1 saturated heterocycles. The molecule has 3 heterocycles. The third-order valence-corrected chi connectivity index (χ3v) is 4.21. The van der Waals surface area contributed by atoms with Crippen LogP contribution < -0.4 is 5.73 Å². The average Bonchev–Trinajstić information content (AvgIpc) is 3.02. The van der Waals surface area contributed by atoms with Crippen molar-refractivity contribution in [3.63, 3.8) is 0 Å². The van der Waals surface area contributed by atoms with Crippen molar-refractivity contribution in [2.75, 3.05) is 13.1 Å². The summed E-state index contributed by atoms with van der Waals surface area (Å²) < 4.78 is 27.3. The fourth-order valence-electron chi connectivity index (χ4n) is 3.03. The number of amides is 1. The van der Waals surface area contributed by atoms with Crippen molar-refractivity contribution in [1.82, 2.24) is 19.5 Å². The first-order valence-electron chi connectivity index (χ1n) is 7.68. The van der Waals surface area contributed by atoms with Gasteiger partial charge in [0.25, 0.3) is 11.8 Å². The van der Waals surface area contributed by atoms with Gasteiger partial charge in [-0.3, -0.25) is 9.69 Å². The van der Waals surface area contributed by atoms with Gasteiger partial charge in [-0.25, -0.2) is 18.3 Å². The zero-order valence-electron chi connectivity index (χ0n) is 13.1. The van der Waals surface area contributed by atoms with Crippen LogP contribution in [0.5, 0.6) is 0 Å². The number of nitrogens with zero attached hydrogens (tertiary/aromatic N) is 4. The minimum absolute atomic E-state index is 0.196. The lowest BCUT2D eigenvalue weighted by Crippen LogP contribution is -2.55. The van der Waals surface area contributed by atoms with Crippen molar-refractivity contribution in [3.8, 4) is 11.3 Å². The highest BCUT2D eigenvalue weighted by molar-refractivity contribution is 5.99. The molecule has 0 unspecified atom stereocenters. The lowest BCUT2D eigenvalue weighted by Gasteiger charge is -2.38. The van der Waals surface area contributed by atoms with Crippen LogP contribution in [0.15, 0.2) is 36.4 Å². The number of aromatic nitrogens is 3. The predicted octanol–water partition coefficient (Wildman–Crippen LogP) is 1.75. The molecule has 3 aromatic rings. The number of carbonyl (C=O) groups is 1. The van der Waals surface area contributed by atoms with Gasteiger partial charge >= 0.3 is 0 Å². The van der Waals surface area contributed by atoms with Gasteiger partial charge in [-0.1, -0.05) is 24.3 Å². The number of pyridine rings is 1. The Morgan fingerprint density at radius 3 is 2.56 bits per heavy atom. The van der Waals surface area contributed by atoms with E-state index in [9.17, 15) is 13.6 Å². The van der Waals surface area contributed by atoms with E-state index in [1.807, 2.05) is 24.3 Å². The fraction of sp³-hybridized carbons (Fsp3) is 0.235. The maximum absolute atomic E-state index is 12.9. The highest BCUT2D eigenvalue weighted by atomic mass is 19.3. The van der Waals surface area contributed by atoms with Crippen molar-refractivity contribution >= 4 is 11.6 Å². The number of benzene rings is 1. The van der Waals surface area contributed by atoms with Crippen LogP contribution in [0, 0.1) is 6.33 Å². The van der Waals surface area contributed by atoms with Gasteiger partial charge in [-0.05, 0) is 17.7 Å². The van der Waals surface area contributed by atoms with E-state index >= 15 is 0 Å². The van der Waals surface area contributed by atoms with Gasteiger partial charge in [0, 0.05) is 12.1 Å². The number of halogens is 2. The average molecular weight is 342 g/mol. The van der Waals surface area contributed by atoms with Gasteiger partial charge in [0.2, 0.25) is 6.33 Å². The zero-order valence-corrected chi connectivity index (χ0v) is 13.1. The maximum atomic E-state index is 12.9. The Labute approximate surface area is 141 Å². The quantitative estimate of drug-likeness (QED) is 0.784. The lowest BCUT2D eigenvalue weighted by atomic mass is 10.1. The van der Waals surface area contributed by atoms with E-state index in [1.165, 1.54) is 4.52 Å². The molecule has 2 aromatic heterocycles. The summed E-state index contributed by atoms with van der Waals surface area (Å²) >= 11 is 0. The molecular weight excluding hydrogens is 328 g/mol. The zero-order chi connectivity index (χ0) is 17.6. The molecule has 127 valence electrons. The van der Waals surface area contributed by atoms with Crippen LogP contribution in [-0.2, 0) is 6.54 Å². The second kappa shape index (κ2) is 5.59. The molecule has 0 bridgehead atoms. The number of nitrogens with two attached hydrogens (primary N) is 1. The normalized spacial score (nSPS) is 16.7. The lowest BCUT2D eigenvalue weighted by molar-refractivity contribution is -0.133. The first-order chi connectivity index (χ1) is 11.9. The number of rotatable bonds is 4. The summed E-state index contributed by atoms with van der Waals surface area (Å²) in [5.41, 5.74) is 8.50.